The molecule has 3 rings (SSSR count). The van der Waals surface area contributed by atoms with Crippen molar-refractivity contribution in [3.8, 4) is 22.1 Å². The standard InChI is InChI=1S/C21H21FN2O3S/c1-5-24(16-9-7-15(22)8-10-16)21(25)19-13(2)23-20(28-19)14-6-11-17(26-3)18(12-14)27-4/h6-12H,5H2,1-4H3. The van der Waals surface area contributed by atoms with E-state index in [1.807, 2.05) is 32.0 Å². The number of nitrogens with zero attached hydrogens (tertiary/aromatic N) is 2. The highest BCUT2D eigenvalue weighted by Gasteiger charge is 2.22. The lowest BCUT2D eigenvalue weighted by Gasteiger charge is -2.20. The average Bonchev–Trinajstić information content (AvgIpc) is 3.11. The molecule has 1 heterocycles. The van der Waals surface area contributed by atoms with Gasteiger partial charge in [0.1, 0.15) is 15.7 Å². The Kier molecular flexibility index (Phi) is 5.94. The minimum absolute atomic E-state index is 0.157. The third-order valence-electron chi connectivity index (χ3n) is 4.32. The summed E-state index contributed by atoms with van der Waals surface area (Å²) in [6.45, 7) is 4.16. The maximum Gasteiger partial charge on any atom is 0.270 e. The number of carbonyl (C=O) groups excluding carboxylic acids is 1. The third-order valence-corrected chi connectivity index (χ3v) is 5.52. The summed E-state index contributed by atoms with van der Waals surface area (Å²) in [6, 6.07) is 11.4. The van der Waals surface area contributed by atoms with Gasteiger partial charge < -0.3 is 14.4 Å². The van der Waals surface area contributed by atoms with E-state index < -0.39 is 0 Å². The number of hydrogen-bond acceptors (Lipinski definition) is 5. The summed E-state index contributed by atoms with van der Waals surface area (Å²) in [5.41, 5.74) is 2.14. The van der Waals surface area contributed by atoms with E-state index in [4.69, 9.17) is 9.47 Å². The minimum Gasteiger partial charge on any atom is -0.493 e. The van der Waals surface area contributed by atoms with Gasteiger partial charge in [-0.05, 0) is 56.3 Å². The summed E-state index contributed by atoms with van der Waals surface area (Å²) in [5.74, 6) is 0.735. The van der Waals surface area contributed by atoms with Gasteiger partial charge in [-0.3, -0.25) is 4.79 Å². The lowest BCUT2D eigenvalue weighted by atomic mass is 10.2. The van der Waals surface area contributed by atoms with E-state index in [0.717, 1.165) is 10.6 Å². The number of carbonyl (C=O) groups is 1. The van der Waals surface area contributed by atoms with E-state index in [1.165, 1.54) is 23.5 Å². The normalized spacial score (nSPS) is 10.6. The van der Waals surface area contributed by atoms with Gasteiger partial charge in [-0.2, -0.15) is 0 Å². The number of aromatic nitrogens is 1. The number of halogens is 1. The summed E-state index contributed by atoms with van der Waals surface area (Å²) < 4.78 is 23.8. The Hall–Kier alpha value is -2.93. The van der Waals surface area contributed by atoms with Gasteiger partial charge in [-0.15, -0.1) is 11.3 Å². The maximum atomic E-state index is 13.2. The number of benzene rings is 2. The van der Waals surface area contributed by atoms with Crippen LogP contribution in [0.5, 0.6) is 11.5 Å². The molecule has 0 radical (unpaired) electrons. The highest BCUT2D eigenvalue weighted by molar-refractivity contribution is 7.17. The zero-order valence-electron chi connectivity index (χ0n) is 16.2. The van der Waals surface area contributed by atoms with Crippen molar-refractivity contribution in [2.24, 2.45) is 0 Å². The lowest BCUT2D eigenvalue weighted by molar-refractivity contribution is 0.0991. The second kappa shape index (κ2) is 8.39. The number of rotatable bonds is 6. The molecule has 5 nitrogen and oxygen atoms in total. The van der Waals surface area contributed by atoms with Crippen LogP contribution in [0.4, 0.5) is 10.1 Å². The van der Waals surface area contributed by atoms with E-state index >= 15 is 0 Å². The quantitative estimate of drug-likeness (QED) is 0.588. The van der Waals surface area contributed by atoms with Crippen molar-refractivity contribution in [2.75, 3.05) is 25.7 Å². The van der Waals surface area contributed by atoms with Gasteiger partial charge >= 0.3 is 0 Å². The molecule has 1 amide bonds. The molecule has 0 saturated heterocycles. The largest absolute Gasteiger partial charge is 0.493 e. The Balaban J connectivity index is 1.95. The predicted molar refractivity (Wildman–Crippen MR) is 109 cm³/mol. The molecule has 3 aromatic rings. The highest BCUT2D eigenvalue weighted by Crippen LogP contribution is 2.35. The van der Waals surface area contributed by atoms with Crippen molar-refractivity contribution in [1.82, 2.24) is 4.98 Å². The van der Waals surface area contributed by atoms with E-state index in [9.17, 15) is 9.18 Å². The fraction of sp³-hybridized carbons (Fsp3) is 0.238. The molecule has 0 saturated carbocycles. The molecule has 146 valence electrons. The highest BCUT2D eigenvalue weighted by atomic mass is 32.1. The zero-order chi connectivity index (χ0) is 20.3. The van der Waals surface area contributed by atoms with Crippen molar-refractivity contribution in [1.29, 1.82) is 0 Å². The molecular weight excluding hydrogens is 379 g/mol. The first-order valence-electron chi connectivity index (χ1n) is 8.75. The average molecular weight is 400 g/mol. The summed E-state index contributed by atoms with van der Waals surface area (Å²) >= 11 is 1.32. The minimum atomic E-state index is -0.336. The summed E-state index contributed by atoms with van der Waals surface area (Å²) in [5, 5.41) is 0.719. The van der Waals surface area contributed by atoms with Crippen molar-refractivity contribution < 1.29 is 18.7 Å². The van der Waals surface area contributed by atoms with Crippen LogP contribution in [0.2, 0.25) is 0 Å². The van der Waals surface area contributed by atoms with Crippen LogP contribution in [0.3, 0.4) is 0 Å². The van der Waals surface area contributed by atoms with E-state index in [1.54, 1.807) is 31.3 Å². The Bertz CT molecular complexity index is 986. The van der Waals surface area contributed by atoms with E-state index in [0.29, 0.717) is 34.3 Å². The number of aryl methyl sites for hydroxylation is 1. The first kappa shape index (κ1) is 19.8. The monoisotopic (exact) mass is 400 g/mol. The molecule has 0 spiro atoms. The summed E-state index contributed by atoms with van der Waals surface area (Å²) in [4.78, 5) is 19.8. The Morgan fingerprint density at radius 2 is 1.79 bits per heavy atom. The van der Waals surface area contributed by atoms with Crippen molar-refractivity contribution in [3.05, 3.63) is 58.9 Å². The first-order chi connectivity index (χ1) is 13.5. The molecule has 1 aromatic heterocycles. The second-order valence-electron chi connectivity index (χ2n) is 6.03. The zero-order valence-corrected chi connectivity index (χ0v) is 17.0. The number of amides is 1. The van der Waals surface area contributed by atoms with E-state index in [2.05, 4.69) is 4.98 Å². The number of hydrogen-bond donors (Lipinski definition) is 0. The van der Waals surface area contributed by atoms with Crippen LogP contribution in [0.25, 0.3) is 10.6 Å². The van der Waals surface area contributed by atoms with Gasteiger partial charge in [0.2, 0.25) is 0 Å². The van der Waals surface area contributed by atoms with Gasteiger partial charge in [-0.1, -0.05) is 0 Å². The number of anilines is 1. The fourth-order valence-corrected chi connectivity index (χ4v) is 3.89. The molecule has 0 N–H and O–H groups in total. The van der Waals surface area contributed by atoms with Crippen molar-refractivity contribution in [2.45, 2.75) is 13.8 Å². The lowest BCUT2D eigenvalue weighted by Crippen LogP contribution is -2.30. The topological polar surface area (TPSA) is 51.7 Å². The van der Waals surface area contributed by atoms with Gasteiger partial charge in [-0.25, -0.2) is 9.37 Å². The molecular formula is C21H21FN2O3S. The molecule has 0 aliphatic rings. The first-order valence-corrected chi connectivity index (χ1v) is 9.57. The van der Waals surface area contributed by atoms with Crippen LogP contribution in [0.15, 0.2) is 42.5 Å². The van der Waals surface area contributed by atoms with Crippen molar-refractivity contribution in [3.63, 3.8) is 0 Å². The molecule has 28 heavy (non-hydrogen) atoms. The second-order valence-corrected chi connectivity index (χ2v) is 7.03. The number of ether oxygens (including phenoxy) is 2. The Labute approximate surface area is 167 Å². The van der Waals surface area contributed by atoms with Crippen LogP contribution in [-0.2, 0) is 0 Å². The van der Waals surface area contributed by atoms with Gasteiger partial charge in [0.25, 0.3) is 5.91 Å². The SMILES string of the molecule is CCN(C(=O)c1sc(-c2ccc(OC)c(OC)c2)nc1C)c1ccc(F)cc1. The van der Waals surface area contributed by atoms with Crippen LogP contribution >= 0.6 is 11.3 Å². The van der Waals surface area contributed by atoms with E-state index in [-0.39, 0.29) is 11.7 Å². The third kappa shape index (κ3) is 3.84. The predicted octanol–water partition coefficient (Wildman–Crippen LogP) is 4.94. The van der Waals surface area contributed by atoms with Gasteiger partial charge in [0, 0.05) is 17.8 Å². The van der Waals surface area contributed by atoms with Crippen molar-refractivity contribution >= 4 is 22.9 Å². The van der Waals surface area contributed by atoms with Crippen LogP contribution < -0.4 is 14.4 Å². The molecule has 0 fully saturated rings. The summed E-state index contributed by atoms with van der Waals surface area (Å²) in [6.07, 6.45) is 0. The Morgan fingerprint density at radius 3 is 2.39 bits per heavy atom. The van der Waals surface area contributed by atoms with Gasteiger partial charge in [0.15, 0.2) is 11.5 Å². The maximum absolute atomic E-state index is 13.2. The molecule has 7 heteroatoms. The van der Waals surface area contributed by atoms with Crippen LogP contribution in [-0.4, -0.2) is 31.7 Å². The molecule has 0 unspecified atom stereocenters. The van der Waals surface area contributed by atoms with Crippen LogP contribution in [0.1, 0.15) is 22.3 Å². The smallest absolute Gasteiger partial charge is 0.270 e. The summed E-state index contributed by atoms with van der Waals surface area (Å²) in [7, 11) is 3.15. The molecule has 0 aliphatic heterocycles. The molecule has 0 aliphatic carbocycles. The van der Waals surface area contributed by atoms with Crippen LogP contribution in [0, 0.1) is 12.7 Å². The Morgan fingerprint density at radius 1 is 1.11 bits per heavy atom. The molecule has 0 bridgehead atoms. The molecule has 2 aromatic carbocycles. The fourth-order valence-electron chi connectivity index (χ4n) is 2.87. The molecule has 0 atom stereocenters. The van der Waals surface area contributed by atoms with Gasteiger partial charge in [0.05, 0.1) is 19.9 Å². The number of thiazole rings is 1. The number of methoxy groups -OCH3 is 2.